The Morgan fingerprint density at radius 2 is 2.08 bits per heavy atom. The Balaban J connectivity index is 2.14. The van der Waals surface area contributed by atoms with E-state index in [0.717, 1.165) is 30.4 Å². The van der Waals surface area contributed by atoms with Crippen molar-refractivity contribution in [2.45, 2.75) is 0 Å². The van der Waals surface area contributed by atoms with Gasteiger partial charge in [0.2, 0.25) is 0 Å². The second-order valence-electron chi connectivity index (χ2n) is 2.80. The molecule has 2 heterocycles. The van der Waals surface area contributed by atoms with Crippen LogP contribution >= 0.6 is 23.4 Å². The van der Waals surface area contributed by atoms with Crippen LogP contribution in [0, 0.1) is 0 Å². The lowest BCUT2D eigenvalue weighted by atomic mass is 10.5. The molecule has 0 radical (unpaired) electrons. The molecule has 1 fully saturated rings. The normalized spacial score (nSPS) is 17.5. The van der Waals surface area contributed by atoms with E-state index < -0.39 is 0 Å². The van der Waals surface area contributed by atoms with Gasteiger partial charge in [0.25, 0.3) is 0 Å². The van der Waals surface area contributed by atoms with Crippen LogP contribution in [-0.4, -0.2) is 34.6 Å². The number of anilines is 1. The molecule has 1 aliphatic rings. The molecule has 0 unspecified atom stereocenters. The van der Waals surface area contributed by atoms with Gasteiger partial charge >= 0.3 is 0 Å². The first-order valence-electron chi connectivity index (χ1n) is 4.16. The van der Waals surface area contributed by atoms with Crippen molar-refractivity contribution in [2.75, 3.05) is 29.5 Å². The van der Waals surface area contributed by atoms with Gasteiger partial charge in [0.1, 0.15) is 11.0 Å². The highest BCUT2D eigenvalue weighted by Crippen LogP contribution is 2.17. The van der Waals surface area contributed by atoms with Gasteiger partial charge < -0.3 is 4.90 Å². The molecule has 0 spiro atoms. The van der Waals surface area contributed by atoms with E-state index >= 15 is 0 Å². The number of aromatic nitrogens is 2. The minimum absolute atomic E-state index is 0.468. The van der Waals surface area contributed by atoms with E-state index in [9.17, 15) is 0 Å². The van der Waals surface area contributed by atoms with Crippen molar-refractivity contribution < 1.29 is 0 Å². The molecule has 1 aromatic rings. The molecular weight excluding hydrogens is 206 g/mol. The lowest BCUT2D eigenvalue weighted by Gasteiger charge is -2.26. The number of hydrogen-bond donors (Lipinski definition) is 0. The van der Waals surface area contributed by atoms with Gasteiger partial charge in [-0.3, -0.25) is 4.98 Å². The average Bonchev–Trinajstić information content (AvgIpc) is 2.19. The van der Waals surface area contributed by atoms with Crippen LogP contribution in [-0.2, 0) is 0 Å². The molecular formula is C8H10ClN3S. The highest BCUT2D eigenvalue weighted by Gasteiger charge is 2.12. The van der Waals surface area contributed by atoms with E-state index in [1.807, 2.05) is 11.8 Å². The summed E-state index contributed by atoms with van der Waals surface area (Å²) >= 11 is 7.73. The quantitative estimate of drug-likeness (QED) is 0.713. The Hall–Kier alpha value is -0.480. The van der Waals surface area contributed by atoms with E-state index in [-0.39, 0.29) is 0 Å². The van der Waals surface area contributed by atoms with Crippen molar-refractivity contribution in [2.24, 2.45) is 0 Å². The Morgan fingerprint density at radius 1 is 1.31 bits per heavy atom. The first-order valence-corrected chi connectivity index (χ1v) is 5.70. The van der Waals surface area contributed by atoms with Gasteiger partial charge in [0, 0.05) is 24.6 Å². The summed E-state index contributed by atoms with van der Waals surface area (Å²) in [5.41, 5.74) is 0. The molecule has 3 nitrogen and oxygen atoms in total. The predicted octanol–water partition coefficient (Wildman–Crippen LogP) is 1.68. The molecule has 13 heavy (non-hydrogen) atoms. The summed E-state index contributed by atoms with van der Waals surface area (Å²) in [6, 6.07) is 0. The number of nitrogens with zero attached hydrogens (tertiary/aromatic N) is 3. The van der Waals surface area contributed by atoms with Gasteiger partial charge in [0.15, 0.2) is 0 Å². The van der Waals surface area contributed by atoms with E-state index in [0.29, 0.717) is 5.15 Å². The van der Waals surface area contributed by atoms with Crippen LogP contribution in [0.5, 0.6) is 0 Å². The molecule has 70 valence electrons. The molecule has 0 aliphatic carbocycles. The highest BCUT2D eigenvalue weighted by atomic mass is 35.5. The third-order valence-corrected chi connectivity index (χ3v) is 3.05. The fourth-order valence-electron chi connectivity index (χ4n) is 1.28. The van der Waals surface area contributed by atoms with Crippen LogP contribution < -0.4 is 4.90 Å². The van der Waals surface area contributed by atoms with E-state index in [4.69, 9.17) is 11.6 Å². The monoisotopic (exact) mass is 215 g/mol. The zero-order valence-electron chi connectivity index (χ0n) is 7.11. The first kappa shape index (κ1) is 9.09. The standard InChI is InChI=1S/C8H10ClN3S/c9-7-5-10-6-8(11-7)12-1-3-13-4-2-12/h5-6H,1-4H2. The predicted molar refractivity (Wildman–Crippen MR) is 56.6 cm³/mol. The Bertz CT molecular complexity index is 288. The van der Waals surface area contributed by atoms with Crippen molar-refractivity contribution >= 4 is 29.2 Å². The van der Waals surface area contributed by atoms with Crippen LogP contribution in [0.3, 0.4) is 0 Å². The third kappa shape index (κ3) is 2.25. The SMILES string of the molecule is Clc1cncc(N2CCSCC2)n1. The van der Waals surface area contributed by atoms with Crippen LogP contribution in [0.2, 0.25) is 5.15 Å². The zero-order valence-corrected chi connectivity index (χ0v) is 8.68. The molecule has 1 aliphatic heterocycles. The highest BCUT2D eigenvalue weighted by molar-refractivity contribution is 7.99. The van der Waals surface area contributed by atoms with Crippen molar-refractivity contribution in [3.63, 3.8) is 0 Å². The largest absolute Gasteiger partial charge is 0.354 e. The summed E-state index contributed by atoms with van der Waals surface area (Å²) in [5, 5.41) is 0.468. The van der Waals surface area contributed by atoms with Crippen molar-refractivity contribution in [1.29, 1.82) is 0 Å². The maximum atomic E-state index is 5.76. The molecule has 0 saturated carbocycles. The Kier molecular flexibility index (Phi) is 2.90. The van der Waals surface area contributed by atoms with Crippen molar-refractivity contribution in [3.8, 4) is 0 Å². The molecule has 2 rings (SSSR count). The smallest absolute Gasteiger partial charge is 0.149 e. The minimum atomic E-state index is 0.468. The second kappa shape index (κ2) is 4.15. The molecule has 0 N–H and O–H groups in total. The van der Waals surface area contributed by atoms with Crippen molar-refractivity contribution in [3.05, 3.63) is 17.5 Å². The maximum absolute atomic E-state index is 5.76. The molecule has 1 aromatic heterocycles. The van der Waals surface area contributed by atoms with Gasteiger partial charge in [-0.25, -0.2) is 4.98 Å². The Labute approximate surface area is 86.5 Å². The third-order valence-electron chi connectivity index (χ3n) is 1.93. The number of halogens is 1. The van der Waals surface area contributed by atoms with Gasteiger partial charge in [0.05, 0.1) is 12.4 Å². The van der Waals surface area contributed by atoms with Crippen molar-refractivity contribution in [1.82, 2.24) is 9.97 Å². The summed E-state index contributed by atoms with van der Waals surface area (Å²) in [6.07, 6.45) is 3.33. The van der Waals surface area contributed by atoms with Crippen LogP contribution in [0.25, 0.3) is 0 Å². The average molecular weight is 216 g/mol. The summed E-state index contributed by atoms with van der Waals surface area (Å²) in [7, 11) is 0. The van der Waals surface area contributed by atoms with Crippen LogP contribution in [0.15, 0.2) is 12.4 Å². The Morgan fingerprint density at radius 3 is 2.77 bits per heavy atom. The fraction of sp³-hybridized carbons (Fsp3) is 0.500. The second-order valence-corrected chi connectivity index (χ2v) is 4.41. The van der Waals surface area contributed by atoms with E-state index in [2.05, 4.69) is 14.9 Å². The van der Waals surface area contributed by atoms with Crippen LogP contribution in [0.4, 0.5) is 5.82 Å². The molecule has 0 bridgehead atoms. The molecule has 0 aromatic carbocycles. The maximum Gasteiger partial charge on any atom is 0.149 e. The number of rotatable bonds is 1. The summed E-state index contributed by atoms with van der Waals surface area (Å²) < 4.78 is 0. The lowest BCUT2D eigenvalue weighted by Crippen LogP contribution is -2.33. The fourth-order valence-corrected chi connectivity index (χ4v) is 2.32. The molecule has 0 atom stereocenters. The van der Waals surface area contributed by atoms with Gasteiger partial charge in [-0.2, -0.15) is 11.8 Å². The molecule has 0 amide bonds. The minimum Gasteiger partial charge on any atom is -0.354 e. The molecule has 5 heteroatoms. The van der Waals surface area contributed by atoms with E-state index in [1.165, 1.54) is 0 Å². The topological polar surface area (TPSA) is 29.0 Å². The summed E-state index contributed by atoms with van der Waals surface area (Å²) in [6.45, 7) is 2.08. The summed E-state index contributed by atoms with van der Waals surface area (Å²) in [4.78, 5) is 10.5. The van der Waals surface area contributed by atoms with Gasteiger partial charge in [-0.15, -0.1) is 0 Å². The first-order chi connectivity index (χ1) is 6.36. The lowest BCUT2D eigenvalue weighted by molar-refractivity contribution is 0.834. The number of hydrogen-bond acceptors (Lipinski definition) is 4. The summed E-state index contributed by atoms with van der Waals surface area (Å²) in [5.74, 6) is 3.22. The van der Waals surface area contributed by atoms with Gasteiger partial charge in [-0.1, -0.05) is 11.6 Å². The number of thioether (sulfide) groups is 1. The van der Waals surface area contributed by atoms with Gasteiger partial charge in [-0.05, 0) is 0 Å². The zero-order chi connectivity index (χ0) is 9.10. The van der Waals surface area contributed by atoms with E-state index in [1.54, 1.807) is 12.4 Å². The molecule has 1 saturated heterocycles. The van der Waals surface area contributed by atoms with Crippen LogP contribution in [0.1, 0.15) is 0 Å².